The summed E-state index contributed by atoms with van der Waals surface area (Å²) in [5.74, 6) is 1.08. The van der Waals surface area contributed by atoms with Crippen molar-refractivity contribution < 1.29 is 50.4 Å². The van der Waals surface area contributed by atoms with Gasteiger partial charge in [0.2, 0.25) is 0 Å². The zero-order valence-electron chi connectivity index (χ0n) is 22.7. The predicted molar refractivity (Wildman–Crippen MR) is 124 cm³/mol. The van der Waals surface area contributed by atoms with Crippen molar-refractivity contribution in [2.45, 2.75) is 72.8 Å². The summed E-state index contributed by atoms with van der Waals surface area (Å²) in [5, 5.41) is 0. The van der Waals surface area contributed by atoms with E-state index in [2.05, 4.69) is 39.7 Å². The summed E-state index contributed by atoms with van der Waals surface area (Å²) >= 11 is 0. The molecule has 1 aliphatic rings. The van der Waals surface area contributed by atoms with Gasteiger partial charge in [-0.15, -0.1) is 13.2 Å². The van der Waals surface area contributed by atoms with Crippen LogP contribution in [0.15, 0.2) is 0 Å². The van der Waals surface area contributed by atoms with E-state index in [4.69, 9.17) is 9.47 Å². The Labute approximate surface area is 199 Å². The summed E-state index contributed by atoms with van der Waals surface area (Å²) in [4.78, 5) is 0. The largest absolute Gasteiger partial charge is 0.522 e. The Kier molecular flexibility index (Phi) is 62.5. The third-order valence-corrected chi connectivity index (χ3v) is 2.67. The highest BCUT2D eigenvalue weighted by Crippen LogP contribution is 2.26. The Morgan fingerprint density at radius 1 is 0.758 bits per heavy atom. The van der Waals surface area contributed by atoms with Crippen molar-refractivity contribution in [3.8, 4) is 0 Å². The van der Waals surface area contributed by atoms with Crippen LogP contribution in [0.25, 0.3) is 0 Å². The molecule has 0 unspecified atom stereocenters. The molecule has 0 atom stereocenters. The van der Waals surface area contributed by atoms with Crippen LogP contribution in [0.2, 0.25) is 0 Å². The SMILES string of the molecule is CC1CC1.CCCCOC.CCCOC.CCOC.COC.COC(F)(F)F.COC(F)F. The van der Waals surface area contributed by atoms with Crippen molar-refractivity contribution in [3.05, 3.63) is 0 Å². The third-order valence-electron chi connectivity index (χ3n) is 2.67. The fourth-order valence-corrected chi connectivity index (χ4v) is 0.659. The van der Waals surface area contributed by atoms with Crippen LogP contribution in [0.5, 0.6) is 0 Å². The molecule has 11 heteroatoms. The highest BCUT2D eigenvalue weighted by Gasteiger charge is 2.25. The number of methoxy groups -OCH3 is 6. The molecule has 0 saturated heterocycles. The van der Waals surface area contributed by atoms with Crippen LogP contribution in [-0.4, -0.2) is 82.6 Å². The maximum absolute atomic E-state index is 10.6. The number of rotatable bonds is 7. The molecule has 0 aliphatic heterocycles. The Bertz CT molecular complexity index is 262. The Hall–Kier alpha value is -0.590. The lowest BCUT2D eigenvalue weighted by atomic mass is 10.4. The van der Waals surface area contributed by atoms with Crippen molar-refractivity contribution in [1.29, 1.82) is 0 Å². The normalized spacial score (nSPS) is 11.2. The highest BCUT2D eigenvalue weighted by molar-refractivity contribution is 4.65. The molecule has 0 radical (unpaired) electrons. The summed E-state index contributed by atoms with van der Waals surface area (Å²) in [6.45, 7) is 8.48. The summed E-state index contributed by atoms with van der Waals surface area (Å²) in [5.41, 5.74) is 0. The Morgan fingerprint density at radius 2 is 1.06 bits per heavy atom. The number of unbranched alkanes of at least 4 members (excludes halogenated alkanes) is 1. The topological polar surface area (TPSA) is 55.4 Å². The van der Waals surface area contributed by atoms with Crippen molar-refractivity contribution in [2.75, 3.05) is 69.6 Å². The van der Waals surface area contributed by atoms with E-state index in [1.807, 2.05) is 6.92 Å². The van der Waals surface area contributed by atoms with Crippen molar-refractivity contribution in [3.63, 3.8) is 0 Å². The summed E-state index contributed by atoms with van der Waals surface area (Å²) < 4.78 is 77.4. The van der Waals surface area contributed by atoms with Gasteiger partial charge in [0, 0.05) is 69.6 Å². The molecule has 1 saturated carbocycles. The van der Waals surface area contributed by atoms with Crippen LogP contribution in [-0.2, 0) is 28.4 Å². The summed E-state index contributed by atoms with van der Waals surface area (Å²) in [7, 11) is 9.91. The quantitative estimate of drug-likeness (QED) is 0.279. The van der Waals surface area contributed by atoms with E-state index in [1.165, 1.54) is 25.7 Å². The lowest BCUT2D eigenvalue weighted by molar-refractivity contribution is -0.311. The van der Waals surface area contributed by atoms with E-state index in [9.17, 15) is 22.0 Å². The smallest absolute Gasteiger partial charge is 0.388 e. The minimum absolute atomic E-state index is 0.583. The van der Waals surface area contributed by atoms with Gasteiger partial charge in [-0.1, -0.05) is 40.0 Å². The van der Waals surface area contributed by atoms with E-state index in [0.29, 0.717) is 7.11 Å². The van der Waals surface area contributed by atoms with Gasteiger partial charge in [-0.2, -0.15) is 8.78 Å². The summed E-state index contributed by atoms with van der Waals surface area (Å²) in [6.07, 6.45) is 2.06. The van der Waals surface area contributed by atoms with E-state index in [1.54, 1.807) is 35.5 Å². The fourth-order valence-electron chi connectivity index (χ4n) is 0.659. The Morgan fingerprint density at radius 3 is 1.09 bits per heavy atom. The van der Waals surface area contributed by atoms with Gasteiger partial charge in [0.25, 0.3) is 0 Å². The van der Waals surface area contributed by atoms with Gasteiger partial charge in [0.1, 0.15) is 0 Å². The van der Waals surface area contributed by atoms with Gasteiger partial charge in [0.15, 0.2) is 0 Å². The van der Waals surface area contributed by atoms with Crippen molar-refractivity contribution in [2.24, 2.45) is 5.92 Å². The average molecular weight is 507 g/mol. The number of alkyl halides is 5. The zero-order valence-corrected chi connectivity index (χ0v) is 22.7. The number of hydrogen-bond acceptors (Lipinski definition) is 6. The molecule has 210 valence electrons. The van der Waals surface area contributed by atoms with Crippen LogP contribution in [0, 0.1) is 5.92 Å². The van der Waals surface area contributed by atoms with Crippen molar-refractivity contribution in [1.82, 2.24) is 0 Å². The average Bonchev–Trinajstić information content (AvgIpc) is 3.56. The third kappa shape index (κ3) is 151. The molecule has 1 fully saturated rings. The van der Waals surface area contributed by atoms with Gasteiger partial charge < -0.3 is 23.7 Å². The van der Waals surface area contributed by atoms with E-state index < -0.39 is 13.0 Å². The molecule has 0 aromatic rings. The van der Waals surface area contributed by atoms with Gasteiger partial charge in [0.05, 0.1) is 0 Å². The summed E-state index contributed by atoms with van der Waals surface area (Å²) in [6, 6.07) is 0. The first kappa shape index (κ1) is 45.8. The molecule has 1 rings (SSSR count). The first-order chi connectivity index (χ1) is 15.4. The number of ether oxygens (including phenoxy) is 6. The first-order valence-electron chi connectivity index (χ1n) is 10.7. The fraction of sp³-hybridized carbons (Fsp3) is 1.00. The van der Waals surface area contributed by atoms with E-state index >= 15 is 0 Å². The molecular weight excluding hydrogens is 455 g/mol. The first-order valence-corrected chi connectivity index (χ1v) is 10.7. The van der Waals surface area contributed by atoms with Crippen molar-refractivity contribution >= 4 is 0 Å². The maximum atomic E-state index is 10.6. The van der Waals surface area contributed by atoms with Crippen LogP contribution in [0.4, 0.5) is 22.0 Å². The molecule has 0 aromatic carbocycles. The van der Waals surface area contributed by atoms with Crippen LogP contribution in [0.3, 0.4) is 0 Å². The Balaban J connectivity index is -0.0000000651. The minimum atomic E-state index is -4.46. The molecule has 33 heavy (non-hydrogen) atoms. The molecule has 0 bridgehead atoms. The molecule has 0 N–H and O–H groups in total. The van der Waals surface area contributed by atoms with E-state index in [-0.39, 0.29) is 0 Å². The number of hydrogen-bond donors (Lipinski definition) is 0. The maximum Gasteiger partial charge on any atom is 0.522 e. The molecule has 1 aliphatic carbocycles. The van der Waals surface area contributed by atoms with Gasteiger partial charge in [-0.3, -0.25) is 4.74 Å². The van der Waals surface area contributed by atoms with E-state index in [0.717, 1.165) is 39.3 Å². The molecule has 0 amide bonds. The highest BCUT2D eigenvalue weighted by atomic mass is 19.4. The van der Waals surface area contributed by atoms with Crippen LogP contribution < -0.4 is 0 Å². The minimum Gasteiger partial charge on any atom is -0.388 e. The van der Waals surface area contributed by atoms with Gasteiger partial charge in [-0.05, 0) is 25.7 Å². The molecule has 0 aromatic heterocycles. The van der Waals surface area contributed by atoms with Gasteiger partial charge >= 0.3 is 13.0 Å². The lowest BCUT2D eigenvalue weighted by Crippen LogP contribution is -2.08. The number of halogens is 5. The van der Waals surface area contributed by atoms with Gasteiger partial charge in [-0.25, -0.2) is 0 Å². The standard InChI is InChI=1S/C5H12O.C4H10O.C4H8.C3H8O.C2H3F3O.C2H4F2O.C2H6O/c1-3-4-5-6-2;1-3-4-5-2;1-4-2-3-4;1-3-4-2;1-6-2(3,4)5;1-5-2(3)4;1-3-2/h3-5H2,1-2H3;3-4H2,1-2H3;4H,2-3H2,1H3;3H2,1-2H3;1H3;2H,1H3;1-2H3. The van der Waals surface area contributed by atoms with Crippen LogP contribution >= 0.6 is 0 Å². The monoisotopic (exact) mass is 506 g/mol. The second-order valence-corrected chi connectivity index (χ2v) is 6.15. The van der Waals surface area contributed by atoms with Crippen LogP contribution in [0.1, 0.15) is 59.8 Å². The zero-order chi connectivity index (χ0) is 27.6. The lowest BCUT2D eigenvalue weighted by Gasteiger charge is -1.97. The second-order valence-electron chi connectivity index (χ2n) is 6.15. The molecular formula is C22H51F5O6. The molecule has 0 spiro atoms. The molecule has 6 nitrogen and oxygen atoms in total. The second kappa shape index (κ2) is 45.0. The predicted octanol–water partition coefficient (Wildman–Crippen LogP) is 6.82. The molecule has 0 heterocycles.